The molecule has 0 saturated carbocycles. The van der Waals surface area contributed by atoms with Gasteiger partial charge in [0.25, 0.3) is 5.91 Å². The summed E-state index contributed by atoms with van der Waals surface area (Å²) < 4.78 is 10.0. The Bertz CT molecular complexity index is 756. The molecule has 1 aliphatic rings. The van der Waals surface area contributed by atoms with Gasteiger partial charge in [0.05, 0.1) is 32.4 Å². The lowest BCUT2D eigenvalue weighted by Crippen LogP contribution is -2.35. The van der Waals surface area contributed by atoms with Crippen molar-refractivity contribution < 1.29 is 19.1 Å². The largest absolute Gasteiger partial charge is 0.465 e. The highest BCUT2D eigenvalue weighted by Gasteiger charge is 2.16. The van der Waals surface area contributed by atoms with Crippen LogP contribution in [0.25, 0.3) is 0 Å². The van der Waals surface area contributed by atoms with Gasteiger partial charge in [0, 0.05) is 24.2 Å². The number of thiazole rings is 1. The van der Waals surface area contributed by atoms with Crippen molar-refractivity contribution in [1.82, 2.24) is 9.88 Å². The monoisotopic (exact) mass is 361 g/mol. The lowest BCUT2D eigenvalue weighted by molar-refractivity contribution is 0.0341. The fraction of sp³-hybridized carbons (Fsp3) is 0.353. The third-order valence-electron chi connectivity index (χ3n) is 3.79. The van der Waals surface area contributed by atoms with Crippen LogP contribution in [-0.4, -0.2) is 55.2 Å². The SMILES string of the molecule is COC(=O)c1cccc(NC(=O)c2csc(CN3CCOCC3)n2)c1. The van der Waals surface area contributed by atoms with Gasteiger partial charge in [-0.3, -0.25) is 9.69 Å². The highest BCUT2D eigenvalue weighted by atomic mass is 32.1. The van der Waals surface area contributed by atoms with Gasteiger partial charge in [0.1, 0.15) is 10.7 Å². The lowest BCUT2D eigenvalue weighted by Gasteiger charge is -2.25. The minimum Gasteiger partial charge on any atom is -0.465 e. The Labute approximate surface area is 149 Å². The van der Waals surface area contributed by atoms with Crippen LogP contribution in [0.5, 0.6) is 0 Å². The van der Waals surface area contributed by atoms with Crippen molar-refractivity contribution in [2.24, 2.45) is 0 Å². The normalized spacial score (nSPS) is 14.9. The highest BCUT2D eigenvalue weighted by molar-refractivity contribution is 7.09. The predicted molar refractivity (Wildman–Crippen MR) is 93.9 cm³/mol. The fourth-order valence-electron chi connectivity index (χ4n) is 2.48. The Kier molecular flexibility index (Phi) is 5.75. The number of amides is 1. The van der Waals surface area contributed by atoms with Crippen LogP contribution in [0.2, 0.25) is 0 Å². The molecule has 0 aliphatic carbocycles. The predicted octanol–water partition coefficient (Wildman–Crippen LogP) is 2.01. The van der Waals surface area contributed by atoms with Crippen molar-refractivity contribution >= 4 is 28.9 Å². The maximum Gasteiger partial charge on any atom is 0.337 e. The zero-order valence-corrected chi connectivity index (χ0v) is 14.7. The molecule has 7 nitrogen and oxygen atoms in total. The van der Waals surface area contributed by atoms with Gasteiger partial charge >= 0.3 is 5.97 Å². The summed E-state index contributed by atoms with van der Waals surface area (Å²) in [5.41, 5.74) is 1.28. The summed E-state index contributed by atoms with van der Waals surface area (Å²) in [4.78, 5) is 30.6. The summed E-state index contributed by atoms with van der Waals surface area (Å²) in [7, 11) is 1.32. The van der Waals surface area contributed by atoms with E-state index in [0.717, 1.165) is 37.9 Å². The van der Waals surface area contributed by atoms with E-state index in [1.807, 2.05) is 0 Å². The van der Waals surface area contributed by atoms with Gasteiger partial charge in [-0.1, -0.05) is 6.07 Å². The number of rotatable bonds is 5. The van der Waals surface area contributed by atoms with E-state index in [9.17, 15) is 9.59 Å². The number of nitrogens with zero attached hydrogens (tertiary/aromatic N) is 2. The first kappa shape index (κ1) is 17.5. The van der Waals surface area contributed by atoms with E-state index in [0.29, 0.717) is 16.9 Å². The molecule has 132 valence electrons. The molecule has 0 bridgehead atoms. The number of carbonyl (C=O) groups is 2. The molecule has 1 aromatic carbocycles. The van der Waals surface area contributed by atoms with Crippen molar-refractivity contribution in [1.29, 1.82) is 0 Å². The number of morpholine rings is 1. The second-order valence-electron chi connectivity index (χ2n) is 5.54. The molecule has 1 amide bonds. The molecule has 0 spiro atoms. The van der Waals surface area contributed by atoms with Crippen molar-refractivity contribution in [3.8, 4) is 0 Å². The Hall–Kier alpha value is -2.29. The lowest BCUT2D eigenvalue weighted by atomic mass is 10.2. The second kappa shape index (κ2) is 8.19. The number of benzene rings is 1. The molecule has 0 unspecified atom stereocenters. The van der Waals surface area contributed by atoms with Crippen molar-refractivity contribution in [2.45, 2.75) is 6.54 Å². The minimum absolute atomic E-state index is 0.300. The standard InChI is InChI=1S/C17H19N3O4S/c1-23-17(22)12-3-2-4-13(9-12)18-16(21)14-11-25-15(19-14)10-20-5-7-24-8-6-20/h2-4,9,11H,5-8,10H2,1H3,(H,18,21). The van der Waals surface area contributed by atoms with Crippen LogP contribution >= 0.6 is 11.3 Å². The van der Waals surface area contributed by atoms with Crippen LogP contribution in [-0.2, 0) is 16.0 Å². The summed E-state index contributed by atoms with van der Waals surface area (Å²) in [6, 6.07) is 6.60. The summed E-state index contributed by atoms with van der Waals surface area (Å²) in [5.74, 6) is -0.746. The van der Waals surface area contributed by atoms with Crippen LogP contribution in [0, 0.1) is 0 Å². The van der Waals surface area contributed by atoms with E-state index in [-0.39, 0.29) is 5.91 Å². The van der Waals surface area contributed by atoms with Gasteiger partial charge < -0.3 is 14.8 Å². The van der Waals surface area contributed by atoms with E-state index in [1.54, 1.807) is 29.6 Å². The van der Waals surface area contributed by atoms with Gasteiger partial charge in [-0.05, 0) is 18.2 Å². The number of aromatic nitrogens is 1. The molecule has 2 aromatic rings. The van der Waals surface area contributed by atoms with E-state index in [2.05, 4.69) is 19.9 Å². The summed E-state index contributed by atoms with van der Waals surface area (Å²) in [6.07, 6.45) is 0. The Morgan fingerprint density at radius 2 is 2.16 bits per heavy atom. The summed E-state index contributed by atoms with van der Waals surface area (Å²) >= 11 is 1.47. The number of nitrogens with one attached hydrogen (secondary N) is 1. The Morgan fingerprint density at radius 1 is 1.36 bits per heavy atom. The maximum absolute atomic E-state index is 12.4. The molecular weight excluding hydrogens is 342 g/mol. The average molecular weight is 361 g/mol. The van der Waals surface area contributed by atoms with Crippen molar-refractivity contribution in [2.75, 3.05) is 38.7 Å². The minimum atomic E-state index is -0.447. The van der Waals surface area contributed by atoms with Crippen molar-refractivity contribution in [3.05, 3.63) is 45.9 Å². The van der Waals surface area contributed by atoms with Crippen LogP contribution in [0.3, 0.4) is 0 Å². The van der Waals surface area contributed by atoms with Gasteiger partial charge in [0.15, 0.2) is 0 Å². The molecule has 1 fully saturated rings. The van der Waals surface area contributed by atoms with Gasteiger partial charge in [-0.15, -0.1) is 11.3 Å². The maximum atomic E-state index is 12.4. The first-order chi connectivity index (χ1) is 12.2. The first-order valence-corrected chi connectivity index (χ1v) is 8.78. The zero-order chi connectivity index (χ0) is 17.6. The van der Waals surface area contributed by atoms with Gasteiger partial charge in [-0.2, -0.15) is 0 Å². The van der Waals surface area contributed by atoms with E-state index < -0.39 is 5.97 Å². The second-order valence-corrected chi connectivity index (χ2v) is 6.48. The van der Waals surface area contributed by atoms with Crippen LogP contribution < -0.4 is 5.32 Å². The molecule has 1 aromatic heterocycles. The molecule has 2 heterocycles. The average Bonchev–Trinajstić information content (AvgIpc) is 3.11. The molecule has 1 N–H and O–H groups in total. The number of anilines is 1. The first-order valence-electron chi connectivity index (χ1n) is 7.90. The molecule has 25 heavy (non-hydrogen) atoms. The number of esters is 1. The topological polar surface area (TPSA) is 80.8 Å². The van der Waals surface area contributed by atoms with E-state index in [4.69, 9.17) is 4.74 Å². The van der Waals surface area contributed by atoms with E-state index >= 15 is 0 Å². The Balaban J connectivity index is 1.62. The smallest absolute Gasteiger partial charge is 0.337 e. The third-order valence-corrected chi connectivity index (χ3v) is 4.62. The number of ether oxygens (including phenoxy) is 2. The quantitative estimate of drug-likeness (QED) is 0.821. The Morgan fingerprint density at radius 3 is 2.92 bits per heavy atom. The summed E-state index contributed by atoms with van der Waals surface area (Å²) in [6.45, 7) is 3.94. The zero-order valence-electron chi connectivity index (χ0n) is 13.9. The fourth-order valence-corrected chi connectivity index (χ4v) is 3.29. The van der Waals surface area contributed by atoms with Gasteiger partial charge in [0.2, 0.25) is 0 Å². The molecule has 0 radical (unpaired) electrons. The molecule has 8 heteroatoms. The van der Waals surface area contributed by atoms with Crippen molar-refractivity contribution in [3.63, 3.8) is 0 Å². The third kappa shape index (κ3) is 4.62. The van der Waals surface area contributed by atoms with Crippen LogP contribution in [0.15, 0.2) is 29.6 Å². The summed E-state index contributed by atoms with van der Waals surface area (Å²) in [5, 5.41) is 5.40. The molecular formula is C17H19N3O4S. The van der Waals surface area contributed by atoms with Gasteiger partial charge in [-0.25, -0.2) is 9.78 Å². The van der Waals surface area contributed by atoms with E-state index in [1.165, 1.54) is 18.4 Å². The van der Waals surface area contributed by atoms with Crippen LogP contribution in [0.1, 0.15) is 25.9 Å². The molecule has 1 aliphatic heterocycles. The number of methoxy groups -OCH3 is 1. The van der Waals surface area contributed by atoms with Crippen LogP contribution in [0.4, 0.5) is 5.69 Å². The number of hydrogen-bond acceptors (Lipinski definition) is 7. The number of carbonyl (C=O) groups excluding carboxylic acids is 2. The number of hydrogen-bond donors (Lipinski definition) is 1. The molecule has 3 rings (SSSR count). The molecule has 0 atom stereocenters. The highest BCUT2D eigenvalue weighted by Crippen LogP contribution is 2.16. The molecule has 1 saturated heterocycles.